The number of hydrogen-bond acceptors (Lipinski definition) is 5. The maximum absolute atomic E-state index is 12.0. The first-order valence-corrected chi connectivity index (χ1v) is 10.1. The van der Waals surface area contributed by atoms with Crippen LogP contribution in [0.1, 0.15) is 45.6 Å². The predicted molar refractivity (Wildman–Crippen MR) is 109 cm³/mol. The SMILES string of the molecule is CC(C)(C)OC(=O)N1CCC(CC(=O)N2CCOC2=O)CC1.Cc1ccccc1. The van der Waals surface area contributed by atoms with Gasteiger partial charge in [0.2, 0.25) is 5.91 Å². The van der Waals surface area contributed by atoms with Crippen LogP contribution in [0.15, 0.2) is 30.3 Å². The molecule has 160 valence electrons. The van der Waals surface area contributed by atoms with E-state index in [4.69, 9.17) is 9.47 Å². The number of carbonyl (C=O) groups excluding carboxylic acids is 3. The highest BCUT2D eigenvalue weighted by Gasteiger charge is 2.32. The van der Waals surface area contributed by atoms with Gasteiger partial charge in [0.15, 0.2) is 0 Å². The molecular weight excluding hydrogens is 372 g/mol. The number of imide groups is 1. The summed E-state index contributed by atoms with van der Waals surface area (Å²) in [5.74, 6) is 0.0119. The number of benzene rings is 1. The molecule has 0 aliphatic carbocycles. The number of likely N-dealkylation sites (tertiary alicyclic amines) is 1. The fourth-order valence-electron chi connectivity index (χ4n) is 3.16. The molecule has 3 rings (SSSR count). The van der Waals surface area contributed by atoms with E-state index in [1.807, 2.05) is 39.0 Å². The van der Waals surface area contributed by atoms with Crippen LogP contribution < -0.4 is 0 Å². The van der Waals surface area contributed by atoms with Crippen molar-refractivity contribution in [2.24, 2.45) is 5.92 Å². The Hall–Kier alpha value is -2.57. The van der Waals surface area contributed by atoms with Crippen molar-refractivity contribution in [1.29, 1.82) is 0 Å². The Balaban J connectivity index is 0.000000360. The average Bonchev–Trinajstić information content (AvgIpc) is 3.08. The normalized spacial score (nSPS) is 17.3. The van der Waals surface area contributed by atoms with E-state index < -0.39 is 11.7 Å². The third-order valence-corrected chi connectivity index (χ3v) is 4.73. The van der Waals surface area contributed by atoms with Crippen LogP contribution in [0.25, 0.3) is 0 Å². The first kappa shape index (κ1) is 22.7. The number of aryl methyl sites for hydroxylation is 1. The molecule has 0 saturated carbocycles. The largest absolute Gasteiger partial charge is 0.447 e. The molecule has 1 aromatic rings. The van der Waals surface area contributed by atoms with Crippen molar-refractivity contribution in [3.8, 4) is 0 Å². The van der Waals surface area contributed by atoms with Crippen molar-refractivity contribution in [3.63, 3.8) is 0 Å². The zero-order valence-electron chi connectivity index (χ0n) is 17.8. The Morgan fingerprint density at radius 1 is 1.10 bits per heavy atom. The summed E-state index contributed by atoms with van der Waals surface area (Å²) in [6.07, 6.45) is 0.968. The Morgan fingerprint density at radius 2 is 1.72 bits per heavy atom. The van der Waals surface area contributed by atoms with E-state index >= 15 is 0 Å². The predicted octanol–water partition coefficient (Wildman–Crippen LogP) is 4.00. The number of amides is 3. The summed E-state index contributed by atoms with van der Waals surface area (Å²) in [5, 5.41) is 0. The minimum Gasteiger partial charge on any atom is -0.447 e. The van der Waals surface area contributed by atoms with Gasteiger partial charge in [0.1, 0.15) is 12.2 Å². The number of hydrogen-bond donors (Lipinski definition) is 0. The lowest BCUT2D eigenvalue weighted by molar-refractivity contribution is -0.129. The molecule has 7 heteroatoms. The lowest BCUT2D eigenvalue weighted by atomic mass is 9.93. The van der Waals surface area contributed by atoms with Crippen LogP contribution >= 0.6 is 0 Å². The van der Waals surface area contributed by atoms with Gasteiger partial charge in [-0.05, 0) is 46.5 Å². The van der Waals surface area contributed by atoms with E-state index in [0.717, 1.165) is 12.8 Å². The van der Waals surface area contributed by atoms with Gasteiger partial charge < -0.3 is 14.4 Å². The number of carbonyl (C=O) groups is 3. The van der Waals surface area contributed by atoms with Gasteiger partial charge in [-0.3, -0.25) is 4.79 Å². The second-order valence-electron chi connectivity index (χ2n) is 8.43. The zero-order valence-corrected chi connectivity index (χ0v) is 17.8. The second kappa shape index (κ2) is 10.3. The quantitative estimate of drug-likeness (QED) is 0.745. The van der Waals surface area contributed by atoms with Gasteiger partial charge in [0, 0.05) is 19.5 Å². The van der Waals surface area contributed by atoms with E-state index in [9.17, 15) is 14.4 Å². The molecule has 2 aliphatic rings. The lowest BCUT2D eigenvalue weighted by Gasteiger charge is -2.33. The summed E-state index contributed by atoms with van der Waals surface area (Å²) >= 11 is 0. The average molecular weight is 405 g/mol. The van der Waals surface area contributed by atoms with Gasteiger partial charge in [-0.1, -0.05) is 35.9 Å². The molecule has 0 radical (unpaired) electrons. The highest BCUT2D eigenvalue weighted by Crippen LogP contribution is 2.23. The first-order valence-electron chi connectivity index (χ1n) is 10.1. The smallest absolute Gasteiger partial charge is 0.416 e. The summed E-state index contributed by atoms with van der Waals surface area (Å²) in [5.41, 5.74) is 0.822. The van der Waals surface area contributed by atoms with E-state index in [1.165, 1.54) is 10.5 Å². The van der Waals surface area contributed by atoms with Crippen molar-refractivity contribution in [2.75, 3.05) is 26.2 Å². The molecule has 2 fully saturated rings. The molecule has 0 aromatic heterocycles. The first-order chi connectivity index (χ1) is 13.7. The Bertz CT molecular complexity index is 691. The minimum absolute atomic E-state index is 0.182. The van der Waals surface area contributed by atoms with Gasteiger partial charge in [-0.25, -0.2) is 14.5 Å². The standard InChI is InChI=1S/C15H24N2O5.C7H8/c1-15(2,3)22-13(19)16-6-4-11(5-7-16)10-12(18)17-8-9-21-14(17)20;1-7-5-3-2-4-6-7/h11H,4-10H2,1-3H3;2-6H,1H3. The zero-order chi connectivity index (χ0) is 21.4. The molecule has 7 nitrogen and oxygen atoms in total. The fraction of sp³-hybridized carbons (Fsp3) is 0.591. The van der Waals surface area contributed by atoms with Crippen molar-refractivity contribution in [3.05, 3.63) is 35.9 Å². The van der Waals surface area contributed by atoms with Crippen LogP contribution in [-0.2, 0) is 14.3 Å². The third-order valence-electron chi connectivity index (χ3n) is 4.73. The van der Waals surface area contributed by atoms with Crippen LogP contribution in [0.2, 0.25) is 0 Å². The van der Waals surface area contributed by atoms with Gasteiger partial charge >= 0.3 is 12.2 Å². The Kier molecular flexibility index (Phi) is 8.05. The molecule has 0 atom stereocenters. The maximum Gasteiger partial charge on any atom is 0.416 e. The summed E-state index contributed by atoms with van der Waals surface area (Å²) in [6.45, 7) is 9.38. The van der Waals surface area contributed by atoms with Crippen molar-refractivity contribution in [2.45, 2.75) is 52.6 Å². The highest BCUT2D eigenvalue weighted by atomic mass is 16.6. The van der Waals surface area contributed by atoms with Crippen LogP contribution in [0.3, 0.4) is 0 Å². The second-order valence-corrected chi connectivity index (χ2v) is 8.43. The molecule has 2 heterocycles. The van der Waals surface area contributed by atoms with Gasteiger partial charge in [0.25, 0.3) is 0 Å². The minimum atomic E-state index is -0.545. The van der Waals surface area contributed by atoms with Crippen molar-refractivity contribution < 1.29 is 23.9 Å². The van der Waals surface area contributed by atoms with Crippen molar-refractivity contribution >= 4 is 18.1 Å². The molecule has 2 aliphatic heterocycles. The van der Waals surface area contributed by atoms with Crippen LogP contribution in [0, 0.1) is 12.8 Å². The number of ether oxygens (including phenoxy) is 2. The van der Waals surface area contributed by atoms with Crippen LogP contribution in [-0.4, -0.2) is 59.7 Å². The molecule has 29 heavy (non-hydrogen) atoms. The van der Waals surface area contributed by atoms with Gasteiger partial charge in [-0.15, -0.1) is 0 Å². The number of cyclic esters (lactones) is 1. The summed E-state index contributed by atoms with van der Waals surface area (Å²) in [4.78, 5) is 38.2. The van der Waals surface area contributed by atoms with Crippen LogP contribution in [0.5, 0.6) is 0 Å². The van der Waals surface area contributed by atoms with Crippen molar-refractivity contribution in [1.82, 2.24) is 9.80 Å². The lowest BCUT2D eigenvalue weighted by Crippen LogP contribution is -2.42. The molecule has 0 bridgehead atoms. The Morgan fingerprint density at radius 3 is 2.17 bits per heavy atom. The fourth-order valence-corrected chi connectivity index (χ4v) is 3.16. The van der Waals surface area contributed by atoms with E-state index in [2.05, 4.69) is 19.1 Å². The maximum atomic E-state index is 12.0. The Labute approximate surface area is 172 Å². The summed E-state index contributed by atoms with van der Waals surface area (Å²) in [6, 6.07) is 10.3. The topological polar surface area (TPSA) is 76.2 Å². The molecule has 1 aromatic carbocycles. The third kappa shape index (κ3) is 7.75. The number of nitrogens with zero attached hydrogens (tertiary/aromatic N) is 2. The summed E-state index contributed by atoms with van der Waals surface area (Å²) < 4.78 is 10.1. The van der Waals surface area contributed by atoms with Gasteiger partial charge in [-0.2, -0.15) is 0 Å². The molecule has 0 N–H and O–H groups in total. The molecule has 0 spiro atoms. The monoisotopic (exact) mass is 404 g/mol. The van der Waals surface area contributed by atoms with E-state index in [0.29, 0.717) is 26.1 Å². The molecular formula is C22H32N2O5. The molecule has 0 unspecified atom stereocenters. The van der Waals surface area contributed by atoms with E-state index in [-0.39, 0.29) is 24.5 Å². The highest BCUT2D eigenvalue weighted by molar-refractivity contribution is 5.93. The van der Waals surface area contributed by atoms with Crippen LogP contribution in [0.4, 0.5) is 9.59 Å². The number of piperidine rings is 1. The molecule has 3 amide bonds. The van der Waals surface area contributed by atoms with Gasteiger partial charge in [0.05, 0.1) is 6.54 Å². The van der Waals surface area contributed by atoms with E-state index in [1.54, 1.807) is 4.90 Å². The summed E-state index contributed by atoms with van der Waals surface area (Å²) in [7, 11) is 0. The number of rotatable bonds is 2. The molecule has 2 saturated heterocycles.